The predicted molar refractivity (Wildman–Crippen MR) is 59.2 cm³/mol. The molecule has 1 aromatic carbocycles. The van der Waals surface area contributed by atoms with E-state index in [2.05, 4.69) is 0 Å². The van der Waals surface area contributed by atoms with Crippen LogP contribution < -0.4 is 4.74 Å². The summed E-state index contributed by atoms with van der Waals surface area (Å²) in [5.74, 6) is -0.804. The van der Waals surface area contributed by atoms with Crippen molar-refractivity contribution in [3.63, 3.8) is 0 Å². The lowest BCUT2D eigenvalue weighted by Gasteiger charge is -2.11. The Bertz CT molecular complexity index is 369. The van der Waals surface area contributed by atoms with E-state index in [1.807, 2.05) is 0 Å². The van der Waals surface area contributed by atoms with Crippen LogP contribution in [-0.2, 0) is 4.79 Å². The third-order valence-corrected chi connectivity index (χ3v) is 2.81. The molecule has 0 saturated heterocycles. The molecule has 0 bridgehead atoms. The van der Waals surface area contributed by atoms with Gasteiger partial charge in [-0.2, -0.15) is 0 Å². The minimum atomic E-state index is -1.07. The van der Waals surface area contributed by atoms with E-state index in [4.69, 9.17) is 44.6 Å². The van der Waals surface area contributed by atoms with E-state index in [-0.39, 0.29) is 20.8 Å². The van der Waals surface area contributed by atoms with Crippen molar-refractivity contribution in [1.82, 2.24) is 0 Å². The van der Waals surface area contributed by atoms with E-state index in [1.165, 1.54) is 19.1 Å². The molecule has 15 heavy (non-hydrogen) atoms. The number of halogens is 3. The molecular formula is C9H7Cl3O3. The Morgan fingerprint density at radius 3 is 2.20 bits per heavy atom. The van der Waals surface area contributed by atoms with E-state index >= 15 is 0 Å². The van der Waals surface area contributed by atoms with E-state index < -0.39 is 12.1 Å². The summed E-state index contributed by atoms with van der Waals surface area (Å²) in [4.78, 5) is 10.5. The summed E-state index contributed by atoms with van der Waals surface area (Å²) in [7, 11) is 0. The number of hydrogen-bond acceptors (Lipinski definition) is 2. The zero-order valence-electron chi connectivity index (χ0n) is 7.63. The van der Waals surface area contributed by atoms with Crippen LogP contribution in [0.2, 0.25) is 15.1 Å². The normalized spacial score (nSPS) is 12.3. The smallest absolute Gasteiger partial charge is 0.344 e. The molecule has 0 aliphatic rings. The Kier molecular flexibility index (Phi) is 4.08. The van der Waals surface area contributed by atoms with Gasteiger partial charge in [-0.1, -0.05) is 34.8 Å². The fraction of sp³-hybridized carbons (Fsp3) is 0.222. The zero-order valence-corrected chi connectivity index (χ0v) is 9.90. The Hall–Kier alpha value is -0.640. The maximum atomic E-state index is 10.5. The van der Waals surface area contributed by atoms with Crippen LogP contribution >= 0.6 is 34.8 Å². The summed E-state index contributed by atoms with van der Waals surface area (Å²) >= 11 is 17.2. The highest BCUT2D eigenvalue weighted by atomic mass is 35.5. The molecule has 1 atom stereocenters. The van der Waals surface area contributed by atoms with Gasteiger partial charge in [-0.05, 0) is 6.92 Å². The molecule has 0 amide bonds. The Labute approximate surface area is 102 Å². The Balaban J connectivity index is 2.92. The highest BCUT2D eigenvalue weighted by molar-refractivity contribution is 6.48. The van der Waals surface area contributed by atoms with Gasteiger partial charge >= 0.3 is 5.97 Å². The molecule has 0 unspecified atom stereocenters. The minimum absolute atomic E-state index is 0.216. The lowest BCUT2D eigenvalue weighted by Crippen LogP contribution is -2.22. The molecule has 0 fully saturated rings. The van der Waals surface area contributed by atoms with Crippen molar-refractivity contribution < 1.29 is 14.6 Å². The molecular weight excluding hydrogens is 262 g/mol. The average Bonchev–Trinajstić information content (AvgIpc) is 2.13. The molecule has 0 radical (unpaired) electrons. The van der Waals surface area contributed by atoms with Gasteiger partial charge in [0.25, 0.3) is 0 Å². The second-order valence-corrected chi connectivity index (χ2v) is 3.99. The first-order valence-electron chi connectivity index (χ1n) is 3.96. The summed E-state index contributed by atoms with van der Waals surface area (Å²) in [5.41, 5.74) is 0. The molecule has 1 rings (SSSR count). The first kappa shape index (κ1) is 12.4. The Morgan fingerprint density at radius 1 is 1.33 bits per heavy atom. The lowest BCUT2D eigenvalue weighted by molar-refractivity contribution is -0.144. The molecule has 6 heteroatoms. The van der Waals surface area contributed by atoms with Crippen molar-refractivity contribution in [3.8, 4) is 5.75 Å². The minimum Gasteiger partial charge on any atom is -0.479 e. The second-order valence-electron chi connectivity index (χ2n) is 2.80. The van der Waals surface area contributed by atoms with Crippen LogP contribution in [0.15, 0.2) is 12.1 Å². The molecule has 0 saturated carbocycles. The van der Waals surface area contributed by atoms with Crippen LogP contribution in [0.25, 0.3) is 0 Å². The molecule has 0 heterocycles. The number of hydrogen-bond donors (Lipinski definition) is 1. The van der Waals surface area contributed by atoms with Crippen molar-refractivity contribution in [2.75, 3.05) is 0 Å². The van der Waals surface area contributed by atoms with E-state index in [0.29, 0.717) is 0 Å². The van der Waals surface area contributed by atoms with Gasteiger partial charge in [0.1, 0.15) is 5.75 Å². The van der Waals surface area contributed by atoms with Crippen LogP contribution in [0, 0.1) is 0 Å². The van der Waals surface area contributed by atoms with E-state index in [1.54, 1.807) is 0 Å². The summed E-state index contributed by atoms with van der Waals surface area (Å²) in [5, 5.41) is 9.27. The van der Waals surface area contributed by atoms with E-state index in [0.717, 1.165) is 0 Å². The SMILES string of the molecule is C[C@H](Oc1cc(Cl)c(Cl)c(Cl)c1)C(=O)O. The van der Waals surface area contributed by atoms with Crippen molar-refractivity contribution in [2.24, 2.45) is 0 Å². The molecule has 0 aliphatic carbocycles. The van der Waals surface area contributed by atoms with E-state index in [9.17, 15) is 4.79 Å². The number of rotatable bonds is 3. The third-order valence-electron chi connectivity index (χ3n) is 1.62. The molecule has 1 N–H and O–H groups in total. The van der Waals surface area contributed by atoms with Crippen LogP contribution in [0.5, 0.6) is 5.75 Å². The standard InChI is InChI=1S/C9H7Cl3O3/c1-4(9(13)14)15-5-2-6(10)8(12)7(11)3-5/h2-4H,1H3,(H,13,14)/t4-/m0/s1. The number of carboxylic acids is 1. The van der Waals surface area contributed by atoms with Crippen LogP contribution in [0.3, 0.4) is 0 Å². The van der Waals surface area contributed by atoms with Gasteiger partial charge < -0.3 is 9.84 Å². The largest absolute Gasteiger partial charge is 0.479 e. The summed E-state index contributed by atoms with van der Waals surface area (Å²) in [6.07, 6.45) is -0.974. The fourth-order valence-corrected chi connectivity index (χ4v) is 1.43. The molecule has 0 spiro atoms. The van der Waals surface area contributed by atoms with Crippen LogP contribution in [0.4, 0.5) is 0 Å². The van der Waals surface area contributed by atoms with Crippen LogP contribution in [-0.4, -0.2) is 17.2 Å². The van der Waals surface area contributed by atoms with Gasteiger partial charge in [0.05, 0.1) is 15.1 Å². The maximum Gasteiger partial charge on any atom is 0.344 e. The molecule has 0 aromatic heterocycles. The number of benzene rings is 1. The highest BCUT2D eigenvalue weighted by Crippen LogP contribution is 2.34. The monoisotopic (exact) mass is 268 g/mol. The maximum absolute atomic E-state index is 10.5. The molecule has 0 aliphatic heterocycles. The summed E-state index contributed by atoms with van der Waals surface area (Å²) in [6, 6.07) is 2.82. The first-order valence-corrected chi connectivity index (χ1v) is 5.09. The quantitative estimate of drug-likeness (QED) is 0.854. The summed E-state index contributed by atoms with van der Waals surface area (Å²) in [6.45, 7) is 1.40. The molecule has 3 nitrogen and oxygen atoms in total. The first-order chi connectivity index (χ1) is 6.91. The Morgan fingerprint density at radius 2 is 1.80 bits per heavy atom. The second kappa shape index (κ2) is 4.92. The number of carbonyl (C=O) groups is 1. The van der Waals surface area contributed by atoms with Gasteiger partial charge in [-0.25, -0.2) is 4.79 Å². The molecule has 1 aromatic rings. The fourth-order valence-electron chi connectivity index (χ4n) is 0.855. The third kappa shape index (κ3) is 3.16. The van der Waals surface area contributed by atoms with Gasteiger partial charge in [0.2, 0.25) is 0 Å². The highest BCUT2D eigenvalue weighted by Gasteiger charge is 2.14. The number of aliphatic carboxylic acids is 1. The van der Waals surface area contributed by atoms with Crippen molar-refractivity contribution >= 4 is 40.8 Å². The topological polar surface area (TPSA) is 46.5 Å². The molecule has 82 valence electrons. The summed E-state index contributed by atoms with van der Waals surface area (Å²) < 4.78 is 5.07. The van der Waals surface area contributed by atoms with Gasteiger partial charge in [-0.3, -0.25) is 0 Å². The van der Waals surface area contributed by atoms with Gasteiger partial charge in [0, 0.05) is 12.1 Å². The number of carboxylic acid groups (broad SMARTS) is 1. The lowest BCUT2D eigenvalue weighted by atomic mass is 10.3. The van der Waals surface area contributed by atoms with Gasteiger partial charge in [-0.15, -0.1) is 0 Å². The zero-order chi connectivity index (χ0) is 11.6. The number of ether oxygens (including phenoxy) is 1. The van der Waals surface area contributed by atoms with Gasteiger partial charge in [0.15, 0.2) is 6.10 Å². The van der Waals surface area contributed by atoms with Crippen molar-refractivity contribution in [1.29, 1.82) is 0 Å². The van der Waals surface area contributed by atoms with Crippen LogP contribution in [0.1, 0.15) is 6.92 Å². The average molecular weight is 270 g/mol. The van der Waals surface area contributed by atoms with Crippen molar-refractivity contribution in [3.05, 3.63) is 27.2 Å². The predicted octanol–water partition coefficient (Wildman–Crippen LogP) is 3.50. The van der Waals surface area contributed by atoms with Crippen molar-refractivity contribution in [2.45, 2.75) is 13.0 Å².